The Bertz CT molecular complexity index is 340. The Balaban J connectivity index is 2.86. The molecule has 0 aliphatic rings. The highest BCUT2D eigenvalue weighted by Crippen LogP contribution is 2.23. The van der Waals surface area contributed by atoms with Crippen LogP contribution in [0.2, 0.25) is 5.28 Å². The van der Waals surface area contributed by atoms with Crippen LogP contribution in [0.5, 0.6) is 0 Å². The molecule has 4 N–H and O–H groups in total. The van der Waals surface area contributed by atoms with E-state index in [0.29, 0.717) is 12.2 Å². The van der Waals surface area contributed by atoms with Gasteiger partial charge in [0.15, 0.2) is 0 Å². The zero-order chi connectivity index (χ0) is 11.4. The van der Waals surface area contributed by atoms with Gasteiger partial charge in [-0.25, -0.2) is 9.97 Å². The average molecular weight is 250 g/mol. The molecule has 0 aliphatic carbocycles. The monoisotopic (exact) mass is 249 g/mol. The largest absolute Gasteiger partial charge is 0.390 e. The number of aliphatic hydroxyl groups is 2. The first kappa shape index (κ1) is 12.5. The molecule has 2 unspecified atom stereocenters. The van der Waals surface area contributed by atoms with Gasteiger partial charge in [-0.05, 0) is 23.8 Å². The number of aliphatic hydroxyl groups excluding tert-OH is 2. The second kappa shape index (κ2) is 5.50. The minimum Gasteiger partial charge on any atom is -0.390 e. The molecule has 7 heteroatoms. The highest BCUT2D eigenvalue weighted by atomic mass is 35.5. The number of nitrogens with two attached hydrogens (primary N) is 1. The van der Waals surface area contributed by atoms with Gasteiger partial charge in [0.05, 0.1) is 6.10 Å². The number of aromatic nitrogens is 2. The van der Waals surface area contributed by atoms with E-state index in [1.54, 1.807) is 0 Å². The van der Waals surface area contributed by atoms with Gasteiger partial charge in [0, 0.05) is 11.8 Å². The molecule has 0 saturated carbocycles. The molecule has 84 valence electrons. The van der Waals surface area contributed by atoms with Crippen molar-refractivity contribution in [3.05, 3.63) is 17.0 Å². The number of hydrogen-bond acceptors (Lipinski definition) is 6. The predicted molar refractivity (Wildman–Crippen MR) is 60.9 cm³/mol. The molecular formula is C8H12ClN3O2S. The van der Waals surface area contributed by atoms with Crippen LogP contribution in [-0.2, 0) is 0 Å². The molecule has 0 spiro atoms. The summed E-state index contributed by atoms with van der Waals surface area (Å²) < 4.78 is 0. The molecule has 0 fully saturated rings. The Kier molecular flexibility index (Phi) is 4.59. The zero-order valence-corrected chi connectivity index (χ0v) is 9.49. The van der Waals surface area contributed by atoms with Crippen LogP contribution in [0.3, 0.4) is 0 Å². The third kappa shape index (κ3) is 3.20. The predicted octanol–water partition coefficient (Wildman–Crippen LogP) is 0.426. The van der Waals surface area contributed by atoms with E-state index in [0.717, 1.165) is 0 Å². The van der Waals surface area contributed by atoms with Crippen molar-refractivity contribution in [2.75, 3.05) is 11.5 Å². The van der Waals surface area contributed by atoms with Crippen molar-refractivity contribution in [3.63, 3.8) is 0 Å². The van der Waals surface area contributed by atoms with E-state index in [-0.39, 0.29) is 16.7 Å². The van der Waals surface area contributed by atoms with Gasteiger partial charge in [-0.15, -0.1) is 0 Å². The first-order valence-electron chi connectivity index (χ1n) is 4.31. The maximum atomic E-state index is 9.70. The van der Waals surface area contributed by atoms with Crippen molar-refractivity contribution in [2.45, 2.75) is 18.6 Å². The van der Waals surface area contributed by atoms with Crippen LogP contribution < -0.4 is 5.73 Å². The molecule has 0 radical (unpaired) electrons. The second-order valence-electron chi connectivity index (χ2n) is 3.00. The van der Waals surface area contributed by atoms with Crippen molar-refractivity contribution in [3.8, 4) is 0 Å². The van der Waals surface area contributed by atoms with Gasteiger partial charge in [-0.2, -0.15) is 12.6 Å². The van der Waals surface area contributed by atoms with E-state index in [1.165, 1.54) is 6.20 Å². The first-order chi connectivity index (χ1) is 7.06. The summed E-state index contributed by atoms with van der Waals surface area (Å²) in [5.41, 5.74) is 5.80. The fraction of sp³-hybridized carbons (Fsp3) is 0.500. The lowest BCUT2D eigenvalue weighted by Gasteiger charge is -2.17. The molecule has 0 aromatic carbocycles. The van der Waals surface area contributed by atoms with E-state index in [1.807, 2.05) is 0 Å². The fourth-order valence-electron chi connectivity index (χ4n) is 1.11. The molecule has 1 heterocycles. The van der Waals surface area contributed by atoms with Crippen molar-refractivity contribution < 1.29 is 10.2 Å². The van der Waals surface area contributed by atoms with Gasteiger partial charge < -0.3 is 15.9 Å². The van der Waals surface area contributed by atoms with E-state index in [4.69, 9.17) is 17.3 Å². The van der Waals surface area contributed by atoms with Crippen molar-refractivity contribution >= 4 is 30.0 Å². The summed E-state index contributed by atoms with van der Waals surface area (Å²) in [5.74, 6) is 0.535. The standard InChI is InChI=1S/C8H12ClN3O2S/c9-8-11-3-4(7(10)12-8)6(14)5(13)1-2-15/h3,5-6,13-15H,1-2H2,(H2,10,11,12). The van der Waals surface area contributed by atoms with E-state index < -0.39 is 12.2 Å². The van der Waals surface area contributed by atoms with Gasteiger partial charge in [-0.3, -0.25) is 0 Å². The van der Waals surface area contributed by atoms with Crippen LogP contribution >= 0.6 is 24.2 Å². The smallest absolute Gasteiger partial charge is 0.224 e. The Morgan fingerprint density at radius 1 is 1.53 bits per heavy atom. The Morgan fingerprint density at radius 2 is 2.20 bits per heavy atom. The molecule has 1 aromatic heterocycles. The topological polar surface area (TPSA) is 92.3 Å². The SMILES string of the molecule is Nc1nc(Cl)ncc1C(O)C(O)CCS. The molecule has 5 nitrogen and oxygen atoms in total. The fourth-order valence-corrected chi connectivity index (χ4v) is 1.51. The van der Waals surface area contributed by atoms with Crippen LogP contribution in [0.4, 0.5) is 5.82 Å². The van der Waals surface area contributed by atoms with Crippen LogP contribution in [0.25, 0.3) is 0 Å². The molecule has 1 aromatic rings. The second-order valence-corrected chi connectivity index (χ2v) is 3.79. The van der Waals surface area contributed by atoms with E-state index in [2.05, 4.69) is 22.6 Å². The number of hydrogen-bond donors (Lipinski definition) is 4. The van der Waals surface area contributed by atoms with Gasteiger partial charge in [-0.1, -0.05) is 0 Å². The van der Waals surface area contributed by atoms with Crippen LogP contribution in [0, 0.1) is 0 Å². The molecule has 0 bridgehead atoms. The van der Waals surface area contributed by atoms with Crippen LogP contribution in [-0.4, -0.2) is 32.0 Å². The number of anilines is 1. The number of rotatable bonds is 4. The molecule has 2 atom stereocenters. The third-order valence-electron chi connectivity index (χ3n) is 1.93. The lowest BCUT2D eigenvalue weighted by Crippen LogP contribution is -2.20. The minimum atomic E-state index is -1.12. The molecule has 1 rings (SSSR count). The number of nitrogens with zero attached hydrogens (tertiary/aromatic N) is 2. The summed E-state index contributed by atoms with van der Waals surface area (Å²) in [4.78, 5) is 7.37. The lowest BCUT2D eigenvalue weighted by molar-refractivity contribution is 0.0173. The molecule has 0 aliphatic heterocycles. The maximum Gasteiger partial charge on any atom is 0.224 e. The number of nitrogen functional groups attached to an aromatic ring is 1. The quantitative estimate of drug-likeness (QED) is 0.459. The van der Waals surface area contributed by atoms with Gasteiger partial charge in [0.2, 0.25) is 5.28 Å². The van der Waals surface area contributed by atoms with E-state index in [9.17, 15) is 10.2 Å². The van der Waals surface area contributed by atoms with E-state index >= 15 is 0 Å². The zero-order valence-electron chi connectivity index (χ0n) is 7.84. The summed E-state index contributed by atoms with van der Waals surface area (Å²) in [7, 11) is 0. The van der Waals surface area contributed by atoms with Crippen molar-refractivity contribution in [1.82, 2.24) is 9.97 Å². The number of thiol groups is 1. The summed E-state index contributed by atoms with van der Waals surface area (Å²) in [6, 6.07) is 0. The summed E-state index contributed by atoms with van der Waals surface area (Å²) in [5, 5.41) is 19.2. The van der Waals surface area contributed by atoms with Gasteiger partial charge in [0.1, 0.15) is 11.9 Å². The number of halogens is 1. The third-order valence-corrected chi connectivity index (χ3v) is 2.37. The molecule has 0 saturated heterocycles. The summed E-state index contributed by atoms with van der Waals surface area (Å²) in [6.07, 6.45) is -0.396. The lowest BCUT2D eigenvalue weighted by atomic mass is 10.1. The molecular weight excluding hydrogens is 238 g/mol. The van der Waals surface area contributed by atoms with Crippen molar-refractivity contribution in [1.29, 1.82) is 0 Å². The Hall–Kier alpha value is -0.560. The summed E-state index contributed by atoms with van der Waals surface area (Å²) in [6.45, 7) is 0. The van der Waals surface area contributed by atoms with Gasteiger partial charge >= 0.3 is 0 Å². The molecule has 15 heavy (non-hydrogen) atoms. The highest BCUT2D eigenvalue weighted by molar-refractivity contribution is 7.80. The Morgan fingerprint density at radius 3 is 2.73 bits per heavy atom. The highest BCUT2D eigenvalue weighted by Gasteiger charge is 2.21. The average Bonchev–Trinajstić information content (AvgIpc) is 2.17. The molecule has 0 amide bonds. The first-order valence-corrected chi connectivity index (χ1v) is 5.32. The maximum absolute atomic E-state index is 9.70. The Labute approximate surface area is 97.7 Å². The minimum absolute atomic E-state index is 0.00661. The normalized spacial score (nSPS) is 14.9. The van der Waals surface area contributed by atoms with Crippen LogP contribution in [0.15, 0.2) is 6.20 Å². The van der Waals surface area contributed by atoms with Gasteiger partial charge in [0.25, 0.3) is 0 Å². The van der Waals surface area contributed by atoms with Crippen molar-refractivity contribution in [2.24, 2.45) is 0 Å². The summed E-state index contributed by atoms with van der Waals surface area (Å²) >= 11 is 9.46. The van der Waals surface area contributed by atoms with Crippen LogP contribution in [0.1, 0.15) is 18.1 Å².